The molecule has 0 atom stereocenters. The van der Waals surface area contributed by atoms with Crippen LogP contribution in [0, 0.1) is 13.8 Å². The Balaban J connectivity index is 2.04. The Labute approximate surface area is 106 Å². The number of carboxylic acids is 1. The number of aromatic carboxylic acids is 1. The highest BCUT2D eigenvalue weighted by atomic mass is 32.1. The van der Waals surface area contributed by atoms with Crippen LogP contribution in [0.3, 0.4) is 0 Å². The fourth-order valence-corrected chi connectivity index (χ4v) is 2.86. The van der Waals surface area contributed by atoms with Gasteiger partial charge in [-0.1, -0.05) is 11.3 Å². The first kappa shape index (κ1) is 12.0. The van der Waals surface area contributed by atoms with Gasteiger partial charge in [0.15, 0.2) is 5.13 Å². The molecule has 2 aromatic rings. The maximum Gasteiger partial charge on any atom is 0.347 e. The highest BCUT2D eigenvalue weighted by Gasteiger charge is 2.13. The van der Waals surface area contributed by atoms with Crippen LogP contribution in [-0.4, -0.2) is 21.0 Å². The maximum atomic E-state index is 10.8. The van der Waals surface area contributed by atoms with Crippen LogP contribution >= 0.6 is 22.7 Å². The van der Waals surface area contributed by atoms with Crippen LogP contribution in [0.1, 0.15) is 25.3 Å². The highest BCUT2D eigenvalue weighted by molar-refractivity contribution is 7.17. The second-order valence-electron chi connectivity index (χ2n) is 3.44. The number of anilines is 1. The summed E-state index contributed by atoms with van der Waals surface area (Å²) in [4.78, 5) is 20.5. The molecule has 0 fully saturated rings. The van der Waals surface area contributed by atoms with Gasteiger partial charge in [-0.25, -0.2) is 14.8 Å². The van der Waals surface area contributed by atoms with E-state index in [2.05, 4.69) is 15.3 Å². The van der Waals surface area contributed by atoms with Gasteiger partial charge in [0.25, 0.3) is 0 Å². The number of carboxylic acid groups (broad SMARTS) is 1. The van der Waals surface area contributed by atoms with Crippen molar-refractivity contribution in [3.8, 4) is 0 Å². The zero-order valence-electron chi connectivity index (χ0n) is 9.35. The van der Waals surface area contributed by atoms with Crippen LogP contribution in [0.2, 0.25) is 0 Å². The third kappa shape index (κ3) is 2.80. The van der Waals surface area contributed by atoms with Crippen LogP contribution < -0.4 is 5.32 Å². The van der Waals surface area contributed by atoms with Crippen molar-refractivity contribution < 1.29 is 9.90 Å². The van der Waals surface area contributed by atoms with Gasteiger partial charge in [0.2, 0.25) is 0 Å². The lowest BCUT2D eigenvalue weighted by Crippen LogP contribution is -1.96. The van der Waals surface area contributed by atoms with E-state index >= 15 is 0 Å². The fourth-order valence-electron chi connectivity index (χ4n) is 1.32. The van der Waals surface area contributed by atoms with E-state index in [-0.39, 0.29) is 4.88 Å². The second-order valence-corrected chi connectivity index (χ2v) is 5.76. The van der Waals surface area contributed by atoms with E-state index in [1.165, 1.54) is 0 Å². The molecule has 7 heteroatoms. The minimum Gasteiger partial charge on any atom is -0.477 e. The maximum absolute atomic E-state index is 10.8. The average molecular weight is 269 g/mol. The first-order valence-electron chi connectivity index (χ1n) is 4.92. The Bertz CT molecular complexity index is 547. The molecule has 17 heavy (non-hydrogen) atoms. The quantitative estimate of drug-likeness (QED) is 0.892. The lowest BCUT2D eigenvalue weighted by atomic mass is 10.4. The van der Waals surface area contributed by atoms with E-state index in [0.29, 0.717) is 17.4 Å². The van der Waals surface area contributed by atoms with Crippen molar-refractivity contribution >= 4 is 33.8 Å². The Morgan fingerprint density at radius 2 is 2.24 bits per heavy atom. The molecule has 0 aliphatic carbocycles. The first-order chi connectivity index (χ1) is 8.06. The van der Waals surface area contributed by atoms with Crippen LogP contribution in [0.25, 0.3) is 0 Å². The van der Waals surface area contributed by atoms with Crippen LogP contribution in [0.15, 0.2) is 6.20 Å². The molecule has 2 rings (SSSR count). The number of aromatic nitrogens is 2. The molecule has 0 saturated carbocycles. The molecule has 2 aromatic heterocycles. The number of nitrogens with one attached hydrogen (secondary N) is 1. The standard InChI is InChI=1S/C10H11N3O2S2/c1-5-8(9(14)15)17-10(13-5)12-4-7-3-11-6(2)16-7/h3H,4H2,1-2H3,(H,12,13)(H,14,15). The van der Waals surface area contributed by atoms with Gasteiger partial charge >= 0.3 is 5.97 Å². The van der Waals surface area contributed by atoms with Gasteiger partial charge in [-0.3, -0.25) is 0 Å². The van der Waals surface area contributed by atoms with Gasteiger partial charge < -0.3 is 10.4 Å². The molecule has 0 aromatic carbocycles. The number of thiazole rings is 2. The van der Waals surface area contributed by atoms with Crippen molar-refractivity contribution in [2.45, 2.75) is 20.4 Å². The molecule has 0 saturated heterocycles. The second kappa shape index (κ2) is 4.80. The van der Waals surface area contributed by atoms with Crippen molar-refractivity contribution in [3.63, 3.8) is 0 Å². The molecular formula is C10H11N3O2S2. The Morgan fingerprint density at radius 1 is 1.47 bits per heavy atom. The van der Waals surface area contributed by atoms with Gasteiger partial charge in [0, 0.05) is 11.1 Å². The molecule has 2 heterocycles. The highest BCUT2D eigenvalue weighted by Crippen LogP contribution is 2.23. The summed E-state index contributed by atoms with van der Waals surface area (Å²) in [5.41, 5.74) is 0.547. The third-order valence-electron chi connectivity index (χ3n) is 2.07. The van der Waals surface area contributed by atoms with Gasteiger partial charge in [-0.15, -0.1) is 11.3 Å². The van der Waals surface area contributed by atoms with Crippen molar-refractivity contribution in [1.82, 2.24) is 9.97 Å². The minimum atomic E-state index is -0.929. The lowest BCUT2D eigenvalue weighted by molar-refractivity contribution is 0.0701. The zero-order chi connectivity index (χ0) is 12.4. The molecule has 5 nitrogen and oxygen atoms in total. The van der Waals surface area contributed by atoms with E-state index in [9.17, 15) is 4.79 Å². The predicted octanol–water partition coefficient (Wildman–Crippen LogP) is 2.53. The van der Waals surface area contributed by atoms with Gasteiger partial charge in [0.05, 0.1) is 17.2 Å². The summed E-state index contributed by atoms with van der Waals surface area (Å²) in [6.07, 6.45) is 1.81. The topological polar surface area (TPSA) is 75.1 Å². The van der Waals surface area contributed by atoms with Crippen LogP contribution in [0.4, 0.5) is 5.13 Å². The molecule has 90 valence electrons. The third-order valence-corrected chi connectivity index (χ3v) is 4.09. The monoisotopic (exact) mass is 269 g/mol. The molecule has 0 spiro atoms. The van der Waals surface area contributed by atoms with Crippen molar-refractivity contribution in [2.24, 2.45) is 0 Å². The van der Waals surface area contributed by atoms with E-state index in [0.717, 1.165) is 21.2 Å². The fraction of sp³-hybridized carbons (Fsp3) is 0.300. The van der Waals surface area contributed by atoms with Gasteiger partial charge in [0.1, 0.15) is 4.88 Å². The largest absolute Gasteiger partial charge is 0.477 e. The summed E-state index contributed by atoms with van der Waals surface area (Å²) in [6, 6.07) is 0. The van der Waals surface area contributed by atoms with E-state index in [1.807, 2.05) is 13.1 Å². The molecule has 0 radical (unpaired) electrons. The molecule has 2 N–H and O–H groups in total. The van der Waals surface area contributed by atoms with Crippen molar-refractivity contribution in [1.29, 1.82) is 0 Å². The Hall–Kier alpha value is -1.47. The number of aryl methyl sites for hydroxylation is 2. The molecule has 0 aliphatic rings. The number of rotatable bonds is 4. The van der Waals surface area contributed by atoms with E-state index in [4.69, 9.17) is 5.11 Å². The molecule has 0 aliphatic heterocycles. The summed E-state index contributed by atoms with van der Waals surface area (Å²) in [5, 5.41) is 13.7. The normalized spacial score (nSPS) is 10.5. The van der Waals surface area contributed by atoms with Crippen LogP contribution in [-0.2, 0) is 6.54 Å². The van der Waals surface area contributed by atoms with E-state index in [1.54, 1.807) is 18.3 Å². The van der Waals surface area contributed by atoms with Crippen LogP contribution in [0.5, 0.6) is 0 Å². The summed E-state index contributed by atoms with van der Waals surface area (Å²) in [6.45, 7) is 4.27. The summed E-state index contributed by atoms with van der Waals surface area (Å²) < 4.78 is 0. The summed E-state index contributed by atoms with van der Waals surface area (Å²) >= 11 is 2.77. The molecule has 0 unspecified atom stereocenters. The zero-order valence-corrected chi connectivity index (χ0v) is 11.0. The SMILES string of the molecule is Cc1ncc(CNc2nc(C)c(C(=O)O)s2)s1. The number of carbonyl (C=O) groups is 1. The lowest BCUT2D eigenvalue weighted by Gasteiger charge is -1.97. The molecular weight excluding hydrogens is 258 g/mol. The van der Waals surface area contributed by atoms with Crippen molar-refractivity contribution in [3.05, 3.63) is 26.7 Å². The molecule has 0 bridgehead atoms. The summed E-state index contributed by atoms with van der Waals surface area (Å²) in [5.74, 6) is -0.929. The van der Waals surface area contributed by atoms with E-state index < -0.39 is 5.97 Å². The smallest absolute Gasteiger partial charge is 0.347 e. The number of nitrogens with zero attached hydrogens (tertiary/aromatic N) is 2. The predicted molar refractivity (Wildman–Crippen MR) is 68.0 cm³/mol. The minimum absolute atomic E-state index is 0.285. The Kier molecular flexibility index (Phi) is 3.39. The van der Waals surface area contributed by atoms with Gasteiger partial charge in [-0.05, 0) is 13.8 Å². The Morgan fingerprint density at radius 3 is 2.76 bits per heavy atom. The summed E-state index contributed by atoms with van der Waals surface area (Å²) in [7, 11) is 0. The average Bonchev–Trinajstić information content (AvgIpc) is 2.82. The van der Waals surface area contributed by atoms with Gasteiger partial charge in [-0.2, -0.15) is 0 Å². The van der Waals surface area contributed by atoms with Crippen molar-refractivity contribution in [2.75, 3.05) is 5.32 Å². The number of hydrogen-bond acceptors (Lipinski definition) is 6. The molecule has 0 amide bonds. The number of hydrogen-bond donors (Lipinski definition) is 2. The first-order valence-corrected chi connectivity index (χ1v) is 6.55.